The Kier molecular flexibility index (Phi) is 7.02. The summed E-state index contributed by atoms with van der Waals surface area (Å²) >= 11 is 4.91. The first-order valence-corrected chi connectivity index (χ1v) is 8.73. The fraction of sp³-hybridized carbons (Fsp3) is 0.176. The number of hydrogen-bond donors (Lipinski definition) is 1. The van der Waals surface area contributed by atoms with Crippen molar-refractivity contribution in [3.05, 3.63) is 56.7 Å². The van der Waals surface area contributed by atoms with Crippen molar-refractivity contribution >= 4 is 45.2 Å². The summed E-state index contributed by atoms with van der Waals surface area (Å²) in [5, 5.41) is 4.62. The number of carbonyl (C=O) groups is 2. The summed E-state index contributed by atoms with van der Waals surface area (Å²) in [5.74, 6) is -0.301. The molecule has 1 aromatic heterocycles. The average molecular weight is 410 g/mol. The van der Waals surface area contributed by atoms with E-state index in [0.29, 0.717) is 12.3 Å². The van der Waals surface area contributed by atoms with Crippen LogP contribution in [0.3, 0.4) is 0 Å². The van der Waals surface area contributed by atoms with E-state index in [2.05, 4.69) is 21.2 Å². The minimum absolute atomic E-state index is 0.315. The Hall–Kier alpha value is -2.12. The molecule has 0 radical (unpaired) electrons. The van der Waals surface area contributed by atoms with Gasteiger partial charge in [0.15, 0.2) is 6.61 Å². The summed E-state index contributed by atoms with van der Waals surface area (Å²) in [5.41, 5.74) is 0.728. The normalized spacial score (nSPS) is 10.6. The first-order chi connectivity index (χ1) is 11.6. The molecule has 0 bridgehead atoms. The number of amides is 1. The summed E-state index contributed by atoms with van der Waals surface area (Å²) in [6.07, 6.45) is 2.84. The first kappa shape index (κ1) is 18.2. The molecule has 1 heterocycles. The molecule has 0 aliphatic heterocycles. The molecule has 0 aliphatic carbocycles. The number of hydrogen-bond acceptors (Lipinski definition) is 5. The van der Waals surface area contributed by atoms with Crippen molar-refractivity contribution < 1.29 is 19.1 Å². The van der Waals surface area contributed by atoms with Gasteiger partial charge in [-0.1, -0.05) is 22.0 Å². The molecule has 0 aliphatic rings. The van der Waals surface area contributed by atoms with Gasteiger partial charge in [0.05, 0.1) is 13.7 Å². The number of thiophene rings is 1. The van der Waals surface area contributed by atoms with Crippen molar-refractivity contribution in [1.29, 1.82) is 0 Å². The van der Waals surface area contributed by atoms with Gasteiger partial charge in [0.1, 0.15) is 5.75 Å². The topological polar surface area (TPSA) is 64.6 Å². The SMILES string of the molecule is COc1ccc(Br)cc1/C=C/C(=O)OCC(=O)NCc1cccs1. The molecule has 2 aromatic rings. The number of rotatable bonds is 7. The third-order valence-electron chi connectivity index (χ3n) is 2.98. The smallest absolute Gasteiger partial charge is 0.331 e. The van der Waals surface area contributed by atoms with Crippen LogP contribution in [0.15, 0.2) is 46.3 Å². The van der Waals surface area contributed by atoms with Crippen LogP contribution in [0.1, 0.15) is 10.4 Å². The van der Waals surface area contributed by atoms with Gasteiger partial charge in [0.2, 0.25) is 0 Å². The standard InChI is InChI=1S/C17H16BrNO4S/c1-22-15-6-5-13(18)9-12(15)4-7-17(21)23-11-16(20)19-10-14-3-2-8-24-14/h2-9H,10-11H2,1H3,(H,19,20)/b7-4+. The summed E-state index contributed by atoms with van der Waals surface area (Å²) in [4.78, 5) is 24.4. The molecule has 2 rings (SSSR count). The molecule has 7 heteroatoms. The minimum Gasteiger partial charge on any atom is -0.496 e. The van der Waals surface area contributed by atoms with Crippen LogP contribution >= 0.6 is 27.3 Å². The maximum Gasteiger partial charge on any atom is 0.331 e. The fourth-order valence-corrected chi connectivity index (χ4v) is 2.85. The number of esters is 1. The van der Waals surface area contributed by atoms with Crippen LogP contribution in [0.25, 0.3) is 6.08 Å². The van der Waals surface area contributed by atoms with Gasteiger partial charge in [-0.25, -0.2) is 4.79 Å². The van der Waals surface area contributed by atoms with E-state index in [4.69, 9.17) is 9.47 Å². The van der Waals surface area contributed by atoms with Crippen LogP contribution in [0.2, 0.25) is 0 Å². The molecule has 0 fully saturated rings. The average Bonchev–Trinajstić information content (AvgIpc) is 3.10. The van der Waals surface area contributed by atoms with Crippen molar-refractivity contribution in [3.63, 3.8) is 0 Å². The number of carbonyl (C=O) groups excluding carboxylic acids is 2. The lowest BCUT2D eigenvalue weighted by atomic mass is 10.2. The molecular weight excluding hydrogens is 394 g/mol. The summed E-state index contributed by atoms with van der Waals surface area (Å²) in [6.45, 7) is 0.114. The number of nitrogens with one attached hydrogen (secondary N) is 1. The Morgan fingerprint density at radius 2 is 2.17 bits per heavy atom. The van der Waals surface area contributed by atoms with Gasteiger partial charge in [-0.3, -0.25) is 4.79 Å². The molecule has 1 amide bonds. The molecule has 0 atom stereocenters. The van der Waals surface area contributed by atoms with Crippen molar-refractivity contribution in [2.75, 3.05) is 13.7 Å². The molecule has 0 unspecified atom stereocenters. The Balaban J connectivity index is 1.80. The Morgan fingerprint density at radius 3 is 2.88 bits per heavy atom. The number of methoxy groups -OCH3 is 1. The molecule has 1 N–H and O–H groups in total. The van der Waals surface area contributed by atoms with E-state index >= 15 is 0 Å². The lowest BCUT2D eigenvalue weighted by molar-refractivity contribution is -0.143. The molecule has 0 spiro atoms. The molecule has 5 nitrogen and oxygen atoms in total. The van der Waals surface area contributed by atoms with Gasteiger partial charge < -0.3 is 14.8 Å². The zero-order chi connectivity index (χ0) is 17.4. The Labute approximate surface area is 152 Å². The predicted molar refractivity (Wildman–Crippen MR) is 96.9 cm³/mol. The highest BCUT2D eigenvalue weighted by atomic mass is 79.9. The Morgan fingerprint density at radius 1 is 1.33 bits per heavy atom. The Bertz CT molecular complexity index is 728. The van der Waals surface area contributed by atoms with Gasteiger partial charge in [-0.2, -0.15) is 0 Å². The van der Waals surface area contributed by atoms with E-state index < -0.39 is 5.97 Å². The van der Waals surface area contributed by atoms with Crippen LogP contribution in [0.5, 0.6) is 5.75 Å². The largest absolute Gasteiger partial charge is 0.496 e. The monoisotopic (exact) mass is 409 g/mol. The lowest BCUT2D eigenvalue weighted by Crippen LogP contribution is -2.27. The molecule has 0 saturated heterocycles. The zero-order valence-corrected chi connectivity index (χ0v) is 15.4. The van der Waals surface area contributed by atoms with Gasteiger partial charge >= 0.3 is 5.97 Å². The van der Waals surface area contributed by atoms with Crippen LogP contribution in [-0.2, 0) is 20.9 Å². The number of ether oxygens (including phenoxy) is 2. The molecule has 0 saturated carbocycles. The molecule has 1 aromatic carbocycles. The van der Waals surface area contributed by atoms with Crippen molar-refractivity contribution in [2.24, 2.45) is 0 Å². The van der Waals surface area contributed by atoms with Crippen molar-refractivity contribution in [2.45, 2.75) is 6.54 Å². The van der Waals surface area contributed by atoms with Crippen molar-refractivity contribution in [1.82, 2.24) is 5.32 Å². The number of halogens is 1. The van der Waals surface area contributed by atoms with Crippen molar-refractivity contribution in [3.8, 4) is 5.75 Å². The lowest BCUT2D eigenvalue weighted by Gasteiger charge is -2.05. The number of benzene rings is 1. The van der Waals surface area contributed by atoms with Gasteiger partial charge in [-0.15, -0.1) is 11.3 Å². The minimum atomic E-state index is -0.594. The molecule has 126 valence electrons. The second-order valence-corrected chi connectivity index (χ2v) is 6.63. The molecule has 24 heavy (non-hydrogen) atoms. The quantitative estimate of drug-likeness (QED) is 0.562. The second kappa shape index (κ2) is 9.24. The summed E-state index contributed by atoms with van der Waals surface area (Å²) < 4.78 is 11.0. The highest BCUT2D eigenvalue weighted by Crippen LogP contribution is 2.24. The second-order valence-electron chi connectivity index (χ2n) is 4.68. The summed E-state index contributed by atoms with van der Waals surface area (Å²) in [7, 11) is 1.55. The van der Waals surface area contributed by atoms with Gasteiger partial charge in [0, 0.05) is 21.0 Å². The van der Waals surface area contributed by atoms with Crippen LogP contribution < -0.4 is 10.1 Å². The molecular formula is C17H16BrNO4S. The highest BCUT2D eigenvalue weighted by Gasteiger charge is 2.06. The van der Waals surface area contributed by atoms with E-state index in [1.165, 1.54) is 6.08 Å². The third-order valence-corrected chi connectivity index (χ3v) is 4.35. The van der Waals surface area contributed by atoms with Crippen LogP contribution in [0, 0.1) is 0 Å². The highest BCUT2D eigenvalue weighted by molar-refractivity contribution is 9.10. The fourth-order valence-electron chi connectivity index (χ4n) is 1.83. The van der Waals surface area contributed by atoms with Crippen LogP contribution in [-0.4, -0.2) is 25.6 Å². The van der Waals surface area contributed by atoms with Gasteiger partial charge in [-0.05, 0) is 35.7 Å². The van der Waals surface area contributed by atoms with Crippen LogP contribution in [0.4, 0.5) is 0 Å². The van der Waals surface area contributed by atoms with E-state index in [9.17, 15) is 9.59 Å². The van der Waals surface area contributed by atoms with E-state index in [-0.39, 0.29) is 12.5 Å². The maximum absolute atomic E-state index is 11.7. The van der Waals surface area contributed by atoms with E-state index in [1.54, 1.807) is 30.6 Å². The van der Waals surface area contributed by atoms with E-state index in [0.717, 1.165) is 14.9 Å². The first-order valence-electron chi connectivity index (χ1n) is 7.06. The van der Waals surface area contributed by atoms with Gasteiger partial charge in [0.25, 0.3) is 5.91 Å². The third kappa shape index (κ3) is 5.82. The maximum atomic E-state index is 11.7. The van der Waals surface area contributed by atoms with E-state index in [1.807, 2.05) is 29.6 Å². The zero-order valence-electron chi connectivity index (χ0n) is 13.0. The summed E-state index contributed by atoms with van der Waals surface area (Å²) in [6, 6.07) is 9.27. The predicted octanol–water partition coefficient (Wildman–Crippen LogP) is 3.39.